The van der Waals surface area contributed by atoms with Crippen LogP contribution in [0.4, 0.5) is 5.00 Å². The molecule has 29 heavy (non-hydrogen) atoms. The number of hydrogen-bond acceptors (Lipinski definition) is 6. The van der Waals surface area contributed by atoms with Gasteiger partial charge < -0.3 is 5.32 Å². The maximum Gasteiger partial charge on any atom is 0.252 e. The minimum absolute atomic E-state index is 0.110. The predicted octanol–water partition coefficient (Wildman–Crippen LogP) is 3.85. The van der Waals surface area contributed by atoms with E-state index in [0.29, 0.717) is 46.6 Å². The second-order valence-electron chi connectivity index (χ2n) is 7.77. The SMILES string of the molecule is C[C@@H]1CCc2c(sc(NC(=O)C3CCN(S(=O)(=O)c4cccs4)CC3)c2C#N)C1. The zero-order valence-corrected chi connectivity index (χ0v) is 18.6. The molecule has 1 amide bonds. The van der Waals surface area contributed by atoms with Crippen LogP contribution < -0.4 is 5.32 Å². The molecule has 2 aromatic heterocycles. The molecule has 154 valence electrons. The molecule has 1 saturated heterocycles. The highest BCUT2D eigenvalue weighted by Crippen LogP contribution is 2.39. The van der Waals surface area contributed by atoms with E-state index < -0.39 is 10.0 Å². The summed E-state index contributed by atoms with van der Waals surface area (Å²) in [4.78, 5) is 14.0. The predicted molar refractivity (Wildman–Crippen MR) is 115 cm³/mol. The molecule has 0 saturated carbocycles. The number of thiophene rings is 2. The number of hydrogen-bond donors (Lipinski definition) is 1. The Morgan fingerprint density at radius 3 is 2.72 bits per heavy atom. The molecular weight excluding hydrogens is 426 g/mol. The number of nitrogens with zero attached hydrogens (tertiary/aromatic N) is 2. The van der Waals surface area contributed by atoms with E-state index in [1.807, 2.05) is 0 Å². The van der Waals surface area contributed by atoms with Crippen LogP contribution in [-0.4, -0.2) is 31.7 Å². The summed E-state index contributed by atoms with van der Waals surface area (Å²) in [5, 5.41) is 15.0. The molecule has 0 unspecified atom stereocenters. The van der Waals surface area contributed by atoms with Gasteiger partial charge in [0, 0.05) is 23.9 Å². The van der Waals surface area contributed by atoms with E-state index in [1.165, 1.54) is 31.9 Å². The van der Waals surface area contributed by atoms with Gasteiger partial charge in [-0.1, -0.05) is 13.0 Å². The number of nitrogens with one attached hydrogen (secondary N) is 1. The summed E-state index contributed by atoms with van der Waals surface area (Å²) >= 11 is 2.74. The van der Waals surface area contributed by atoms with Crippen LogP contribution in [0.25, 0.3) is 0 Å². The molecule has 0 spiro atoms. The first-order chi connectivity index (χ1) is 13.9. The van der Waals surface area contributed by atoms with Crippen LogP contribution in [-0.2, 0) is 27.7 Å². The molecule has 1 aliphatic heterocycles. The Morgan fingerprint density at radius 2 is 2.07 bits per heavy atom. The molecule has 3 heterocycles. The van der Waals surface area contributed by atoms with Crippen LogP contribution in [0.1, 0.15) is 42.2 Å². The summed E-state index contributed by atoms with van der Waals surface area (Å²) in [5.41, 5.74) is 1.71. The topological polar surface area (TPSA) is 90.3 Å². The van der Waals surface area contributed by atoms with Gasteiger partial charge in [0.2, 0.25) is 5.91 Å². The molecule has 6 nitrogen and oxygen atoms in total. The molecule has 1 aliphatic carbocycles. The number of fused-ring (bicyclic) bond motifs is 1. The first-order valence-electron chi connectivity index (χ1n) is 9.79. The normalized spacial score (nSPS) is 20.8. The number of carbonyl (C=O) groups is 1. The van der Waals surface area contributed by atoms with Crippen LogP contribution in [0.5, 0.6) is 0 Å². The highest BCUT2D eigenvalue weighted by molar-refractivity contribution is 7.91. The molecule has 0 bridgehead atoms. The fourth-order valence-electron chi connectivity index (χ4n) is 4.07. The fourth-order valence-corrected chi connectivity index (χ4v) is 8.05. The largest absolute Gasteiger partial charge is 0.316 e. The lowest BCUT2D eigenvalue weighted by molar-refractivity contribution is -0.120. The monoisotopic (exact) mass is 449 g/mol. The molecule has 1 atom stereocenters. The Labute approximate surface area is 179 Å². The van der Waals surface area contributed by atoms with Crippen molar-refractivity contribution in [3.05, 3.63) is 33.5 Å². The van der Waals surface area contributed by atoms with Gasteiger partial charge in [0.1, 0.15) is 15.3 Å². The number of amides is 1. The van der Waals surface area contributed by atoms with Gasteiger partial charge in [-0.05, 0) is 55.0 Å². The lowest BCUT2D eigenvalue weighted by atomic mass is 9.88. The van der Waals surface area contributed by atoms with Crippen molar-refractivity contribution in [1.82, 2.24) is 4.31 Å². The minimum Gasteiger partial charge on any atom is -0.316 e. The second-order valence-corrected chi connectivity index (χ2v) is 12.0. The van der Waals surface area contributed by atoms with E-state index in [0.717, 1.165) is 24.8 Å². The van der Waals surface area contributed by atoms with Gasteiger partial charge in [-0.2, -0.15) is 9.57 Å². The fraction of sp³-hybridized carbons (Fsp3) is 0.500. The van der Waals surface area contributed by atoms with Crippen molar-refractivity contribution in [3.63, 3.8) is 0 Å². The smallest absolute Gasteiger partial charge is 0.252 e. The Kier molecular flexibility index (Phi) is 5.80. The maximum atomic E-state index is 12.8. The summed E-state index contributed by atoms with van der Waals surface area (Å²) < 4.78 is 27.1. The highest BCUT2D eigenvalue weighted by atomic mass is 32.2. The van der Waals surface area contributed by atoms with Crippen molar-refractivity contribution >= 4 is 43.6 Å². The van der Waals surface area contributed by atoms with Crippen LogP contribution in [0.15, 0.2) is 21.7 Å². The summed E-state index contributed by atoms with van der Waals surface area (Å²) in [6.07, 6.45) is 3.90. The quantitative estimate of drug-likeness (QED) is 0.768. The van der Waals surface area contributed by atoms with Crippen molar-refractivity contribution in [2.45, 2.75) is 43.2 Å². The van der Waals surface area contributed by atoms with E-state index in [-0.39, 0.29) is 11.8 Å². The van der Waals surface area contributed by atoms with E-state index in [1.54, 1.807) is 17.5 Å². The second kappa shape index (κ2) is 8.19. The molecule has 0 radical (unpaired) electrons. The zero-order chi connectivity index (χ0) is 20.6. The summed E-state index contributed by atoms with van der Waals surface area (Å²) in [5.74, 6) is 0.251. The maximum absolute atomic E-state index is 12.8. The summed E-state index contributed by atoms with van der Waals surface area (Å²) in [6.45, 7) is 2.88. The van der Waals surface area contributed by atoms with E-state index >= 15 is 0 Å². The van der Waals surface area contributed by atoms with E-state index in [4.69, 9.17) is 0 Å². The molecule has 1 N–H and O–H groups in total. The molecule has 2 aliphatic rings. The number of anilines is 1. The lowest BCUT2D eigenvalue weighted by Crippen LogP contribution is -2.41. The van der Waals surface area contributed by atoms with Crippen molar-refractivity contribution in [3.8, 4) is 6.07 Å². The van der Waals surface area contributed by atoms with Crippen molar-refractivity contribution in [1.29, 1.82) is 5.26 Å². The third-order valence-electron chi connectivity index (χ3n) is 5.77. The van der Waals surface area contributed by atoms with Gasteiger partial charge in [0.15, 0.2) is 0 Å². The number of piperidine rings is 1. The van der Waals surface area contributed by atoms with Crippen LogP contribution in [0, 0.1) is 23.2 Å². The van der Waals surface area contributed by atoms with Gasteiger partial charge in [-0.15, -0.1) is 22.7 Å². The van der Waals surface area contributed by atoms with Gasteiger partial charge in [-0.25, -0.2) is 8.42 Å². The Hall–Kier alpha value is -1.73. The number of nitriles is 1. The van der Waals surface area contributed by atoms with Gasteiger partial charge in [-0.3, -0.25) is 4.79 Å². The van der Waals surface area contributed by atoms with Gasteiger partial charge in [0.25, 0.3) is 10.0 Å². The highest BCUT2D eigenvalue weighted by Gasteiger charge is 2.33. The average Bonchev–Trinajstić information content (AvgIpc) is 3.35. The van der Waals surface area contributed by atoms with E-state index in [9.17, 15) is 18.5 Å². The van der Waals surface area contributed by atoms with E-state index in [2.05, 4.69) is 18.3 Å². The van der Waals surface area contributed by atoms with Crippen LogP contribution >= 0.6 is 22.7 Å². The van der Waals surface area contributed by atoms with Crippen molar-refractivity contribution < 1.29 is 13.2 Å². The Morgan fingerprint density at radius 1 is 1.31 bits per heavy atom. The zero-order valence-electron chi connectivity index (χ0n) is 16.2. The standard InChI is InChI=1S/C20H23N3O3S3/c1-13-4-5-15-16(12-21)20(28-17(15)11-13)22-19(24)14-6-8-23(9-7-14)29(25,26)18-3-2-10-27-18/h2-3,10,13-14H,4-9,11H2,1H3,(H,22,24)/t13-/m1/s1. The Balaban J connectivity index is 1.42. The number of sulfonamides is 1. The molecule has 0 aromatic carbocycles. The Bertz CT molecular complexity index is 1040. The van der Waals surface area contributed by atoms with Crippen molar-refractivity contribution in [2.24, 2.45) is 11.8 Å². The molecule has 9 heteroatoms. The van der Waals surface area contributed by atoms with Crippen LogP contribution in [0.2, 0.25) is 0 Å². The summed E-state index contributed by atoms with van der Waals surface area (Å²) in [6, 6.07) is 5.62. The third kappa shape index (κ3) is 3.99. The molecule has 1 fully saturated rings. The molecular formula is C20H23N3O3S3. The van der Waals surface area contributed by atoms with Crippen LogP contribution in [0.3, 0.4) is 0 Å². The molecule has 2 aromatic rings. The first kappa shape index (κ1) is 20.5. The number of rotatable bonds is 4. The van der Waals surface area contributed by atoms with Gasteiger partial charge >= 0.3 is 0 Å². The lowest BCUT2D eigenvalue weighted by Gasteiger charge is -2.30. The van der Waals surface area contributed by atoms with Crippen molar-refractivity contribution in [2.75, 3.05) is 18.4 Å². The molecule has 4 rings (SSSR count). The third-order valence-corrected chi connectivity index (χ3v) is 10.2. The first-order valence-corrected chi connectivity index (χ1v) is 12.9. The van der Waals surface area contributed by atoms with Gasteiger partial charge in [0.05, 0.1) is 5.56 Å². The average molecular weight is 450 g/mol. The summed E-state index contributed by atoms with van der Waals surface area (Å²) in [7, 11) is -3.47. The minimum atomic E-state index is -3.47. The number of carbonyl (C=O) groups excluding carboxylic acids is 1.